The first-order valence-corrected chi connectivity index (χ1v) is 4.55. The molecular formula is C12H14O3. The summed E-state index contributed by atoms with van der Waals surface area (Å²) < 4.78 is 5.13. The smallest absolute Gasteiger partial charge is 0.335 e. The lowest BCUT2D eigenvalue weighted by atomic mass is 10.0. The fourth-order valence-corrected chi connectivity index (χ4v) is 1.31. The van der Waals surface area contributed by atoms with Crippen molar-refractivity contribution in [3.63, 3.8) is 0 Å². The van der Waals surface area contributed by atoms with E-state index in [2.05, 4.69) is 6.58 Å². The van der Waals surface area contributed by atoms with Crippen LogP contribution in [0.4, 0.5) is 0 Å². The number of benzene rings is 1. The van der Waals surface area contributed by atoms with Gasteiger partial charge in [0.2, 0.25) is 0 Å². The summed E-state index contributed by atoms with van der Waals surface area (Å²) in [5.74, 6) is -0.484. The van der Waals surface area contributed by atoms with Crippen LogP contribution in [0, 0.1) is 13.8 Å². The van der Waals surface area contributed by atoms with Gasteiger partial charge in [-0.05, 0) is 37.1 Å². The molecule has 0 aromatic heterocycles. The molecule has 1 rings (SSSR count). The quantitative estimate of drug-likeness (QED) is 0.772. The highest BCUT2D eigenvalue weighted by molar-refractivity contribution is 6.15. The van der Waals surface area contributed by atoms with Crippen molar-refractivity contribution in [2.45, 2.75) is 13.8 Å². The number of rotatable bonds is 3. The molecule has 0 saturated heterocycles. The summed E-state index contributed by atoms with van der Waals surface area (Å²) in [6, 6.07) is 3.60. The Morgan fingerprint density at radius 3 is 2.33 bits per heavy atom. The van der Waals surface area contributed by atoms with Gasteiger partial charge in [-0.15, -0.1) is 0 Å². The summed E-state index contributed by atoms with van der Waals surface area (Å²) in [4.78, 5) is 10.8. The predicted octanol–water partition coefficient (Wildman–Crippen LogP) is 2.41. The van der Waals surface area contributed by atoms with Crippen molar-refractivity contribution < 1.29 is 14.6 Å². The molecule has 15 heavy (non-hydrogen) atoms. The lowest BCUT2D eigenvalue weighted by Crippen LogP contribution is -2.01. The minimum Gasteiger partial charge on any atom is -0.496 e. The normalized spacial score (nSPS) is 9.80. The number of carbonyl (C=O) groups is 1. The molecule has 3 nitrogen and oxygen atoms in total. The van der Waals surface area contributed by atoms with E-state index in [0.717, 1.165) is 11.1 Å². The Hall–Kier alpha value is -1.77. The minimum atomic E-state index is -1.03. The summed E-state index contributed by atoms with van der Waals surface area (Å²) in [6.07, 6.45) is 0. The van der Waals surface area contributed by atoms with Gasteiger partial charge in [0.15, 0.2) is 0 Å². The Morgan fingerprint density at radius 2 is 1.87 bits per heavy atom. The molecule has 3 heteroatoms. The first kappa shape index (κ1) is 11.3. The highest BCUT2D eigenvalue weighted by Gasteiger charge is 2.13. The van der Waals surface area contributed by atoms with E-state index in [1.54, 1.807) is 6.07 Å². The van der Waals surface area contributed by atoms with Gasteiger partial charge in [0.1, 0.15) is 5.75 Å². The molecule has 1 aromatic carbocycles. The van der Waals surface area contributed by atoms with Crippen LogP contribution in [-0.4, -0.2) is 18.2 Å². The van der Waals surface area contributed by atoms with E-state index in [0.29, 0.717) is 11.3 Å². The number of aryl methyl sites for hydroxylation is 2. The zero-order chi connectivity index (χ0) is 11.6. The van der Waals surface area contributed by atoms with Gasteiger partial charge in [-0.1, -0.05) is 6.58 Å². The van der Waals surface area contributed by atoms with Gasteiger partial charge in [-0.2, -0.15) is 0 Å². The zero-order valence-corrected chi connectivity index (χ0v) is 9.13. The summed E-state index contributed by atoms with van der Waals surface area (Å²) in [6.45, 7) is 7.40. The van der Waals surface area contributed by atoms with Crippen LogP contribution in [0.2, 0.25) is 0 Å². The number of hydrogen-bond acceptors (Lipinski definition) is 2. The number of aliphatic carboxylic acids is 1. The fraction of sp³-hybridized carbons (Fsp3) is 0.250. The standard InChI is InChI=1S/C12H14O3/c1-7-5-10(9(3)12(13)14)11(15-4)6-8(7)2/h5-6H,3H2,1-2,4H3,(H,13,14). The molecule has 0 fully saturated rings. The molecule has 0 heterocycles. The molecule has 0 aliphatic rings. The Kier molecular flexibility index (Phi) is 3.14. The summed E-state index contributed by atoms with van der Waals surface area (Å²) in [7, 11) is 1.52. The molecular weight excluding hydrogens is 192 g/mol. The van der Waals surface area contributed by atoms with Crippen LogP contribution in [0.3, 0.4) is 0 Å². The van der Waals surface area contributed by atoms with Gasteiger partial charge in [-0.3, -0.25) is 0 Å². The lowest BCUT2D eigenvalue weighted by Gasteiger charge is -2.11. The van der Waals surface area contributed by atoms with Crippen LogP contribution in [0.15, 0.2) is 18.7 Å². The third kappa shape index (κ3) is 2.18. The molecule has 80 valence electrons. The van der Waals surface area contributed by atoms with Gasteiger partial charge < -0.3 is 9.84 Å². The lowest BCUT2D eigenvalue weighted by molar-refractivity contribution is -0.130. The minimum absolute atomic E-state index is 0.0509. The van der Waals surface area contributed by atoms with Crippen molar-refractivity contribution in [1.82, 2.24) is 0 Å². The van der Waals surface area contributed by atoms with Crippen molar-refractivity contribution in [2.75, 3.05) is 7.11 Å². The first-order valence-electron chi connectivity index (χ1n) is 4.55. The number of ether oxygens (including phenoxy) is 1. The van der Waals surface area contributed by atoms with Gasteiger partial charge in [0.25, 0.3) is 0 Å². The maximum atomic E-state index is 10.8. The van der Waals surface area contributed by atoms with Crippen LogP contribution in [0.5, 0.6) is 5.75 Å². The van der Waals surface area contributed by atoms with Crippen molar-refractivity contribution in [3.8, 4) is 5.75 Å². The number of methoxy groups -OCH3 is 1. The molecule has 0 radical (unpaired) electrons. The Labute approximate surface area is 89.0 Å². The number of carboxylic acid groups (broad SMARTS) is 1. The van der Waals surface area contributed by atoms with Crippen LogP contribution in [0.1, 0.15) is 16.7 Å². The fourth-order valence-electron chi connectivity index (χ4n) is 1.31. The number of carboxylic acids is 1. The van der Waals surface area contributed by atoms with E-state index >= 15 is 0 Å². The van der Waals surface area contributed by atoms with Crippen LogP contribution < -0.4 is 4.74 Å². The molecule has 0 saturated carbocycles. The second-order valence-electron chi connectivity index (χ2n) is 3.42. The van der Waals surface area contributed by atoms with Crippen LogP contribution in [-0.2, 0) is 4.79 Å². The zero-order valence-electron chi connectivity index (χ0n) is 9.13. The van der Waals surface area contributed by atoms with Crippen LogP contribution >= 0.6 is 0 Å². The SMILES string of the molecule is C=C(C(=O)O)c1cc(C)c(C)cc1OC. The first-order chi connectivity index (χ1) is 6.97. The van der Waals surface area contributed by atoms with Gasteiger partial charge in [0.05, 0.1) is 12.7 Å². The summed E-state index contributed by atoms with van der Waals surface area (Å²) >= 11 is 0. The summed E-state index contributed by atoms with van der Waals surface area (Å²) in [5.41, 5.74) is 2.67. The predicted molar refractivity (Wildman–Crippen MR) is 59.1 cm³/mol. The van der Waals surface area contributed by atoms with Gasteiger partial charge in [-0.25, -0.2) is 4.79 Å². The molecule has 0 unspecified atom stereocenters. The molecule has 0 amide bonds. The maximum absolute atomic E-state index is 10.8. The number of hydrogen-bond donors (Lipinski definition) is 1. The molecule has 0 atom stereocenters. The average molecular weight is 206 g/mol. The molecule has 0 bridgehead atoms. The molecule has 1 aromatic rings. The highest BCUT2D eigenvalue weighted by atomic mass is 16.5. The largest absolute Gasteiger partial charge is 0.496 e. The third-order valence-electron chi connectivity index (χ3n) is 2.40. The Morgan fingerprint density at radius 1 is 1.33 bits per heavy atom. The second-order valence-corrected chi connectivity index (χ2v) is 3.42. The van der Waals surface area contributed by atoms with Gasteiger partial charge >= 0.3 is 5.97 Å². The van der Waals surface area contributed by atoms with E-state index in [1.165, 1.54) is 7.11 Å². The van der Waals surface area contributed by atoms with E-state index in [1.807, 2.05) is 19.9 Å². The van der Waals surface area contributed by atoms with E-state index in [9.17, 15) is 4.79 Å². The molecule has 1 N–H and O–H groups in total. The van der Waals surface area contributed by atoms with Crippen molar-refractivity contribution in [1.29, 1.82) is 0 Å². The Bertz CT molecular complexity index is 419. The molecule has 0 aliphatic heterocycles. The average Bonchev–Trinajstić information content (AvgIpc) is 2.20. The monoisotopic (exact) mass is 206 g/mol. The third-order valence-corrected chi connectivity index (χ3v) is 2.40. The highest BCUT2D eigenvalue weighted by Crippen LogP contribution is 2.28. The Balaban J connectivity index is 3.34. The van der Waals surface area contributed by atoms with E-state index in [4.69, 9.17) is 9.84 Å². The van der Waals surface area contributed by atoms with E-state index in [-0.39, 0.29) is 5.57 Å². The second kappa shape index (κ2) is 4.17. The van der Waals surface area contributed by atoms with Crippen molar-refractivity contribution in [3.05, 3.63) is 35.4 Å². The summed E-state index contributed by atoms with van der Waals surface area (Å²) in [5, 5.41) is 8.86. The topological polar surface area (TPSA) is 46.5 Å². The van der Waals surface area contributed by atoms with Gasteiger partial charge in [0, 0.05) is 5.56 Å². The van der Waals surface area contributed by atoms with Crippen LogP contribution in [0.25, 0.3) is 5.57 Å². The van der Waals surface area contributed by atoms with E-state index < -0.39 is 5.97 Å². The molecule has 0 aliphatic carbocycles. The molecule has 0 spiro atoms. The van der Waals surface area contributed by atoms with Crippen molar-refractivity contribution >= 4 is 11.5 Å². The maximum Gasteiger partial charge on any atom is 0.335 e. The van der Waals surface area contributed by atoms with Crippen molar-refractivity contribution in [2.24, 2.45) is 0 Å².